The van der Waals surface area contributed by atoms with Gasteiger partial charge in [-0.25, -0.2) is 9.97 Å². The van der Waals surface area contributed by atoms with Gasteiger partial charge in [0.15, 0.2) is 0 Å². The first-order valence-corrected chi connectivity index (χ1v) is 9.99. The average molecular weight is 406 g/mol. The second-order valence-electron chi connectivity index (χ2n) is 6.34. The van der Waals surface area contributed by atoms with E-state index in [1.54, 1.807) is 24.9 Å². The van der Waals surface area contributed by atoms with Gasteiger partial charge in [0.25, 0.3) is 0 Å². The molecule has 0 saturated heterocycles. The molecule has 2 aromatic heterocycles. The summed E-state index contributed by atoms with van der Waals surface area (Å²) >= 11 is 0. The van der Waals surface area contributed by atoms with E-state index in [4.69, 9.17) is 9.47 Å². The first-order valence-electron chi connectivity index (χ1n) is 9.99. The largest absolute Gasteiger partial charge is 0.378 e. The molecule has 1 aliphatic heterocycles. The topological polar surface area (TPSA) is 93.7 Å². The van der Waals surface area contributed by atoms with E-state index in [0.717, 1.165) is 22.8 Å². The maximum absolute atomic E-state index is 5.56. The van der Waals surface area contributed by atoms with E-state index in [-0.39, 0.29) is 0 Å². The third-order valence-electron chi connectivity index (χ3n) is 3.94. The summed E-state index contributed by atoms with van der Waals surface area (Å²) < 4.78 is 11.1. The minimum Gasteiger partial charge on any atom is -0.378 e. The Bertz CT molecular complexity index is 759. The van der Waals surface area contributed by atoms with Crippen LogP contribution in [0.2, 0.25) is 0 Å². The molecule has 8 heteroatoms. The summed E-state index contributed by atoms with van der Waals surface area (Å²) in [4.78, 5) is 26.4. The predicted molar refractivity (Wildman–Crippen MR) is 120 cm³/mol. The van der Waals surface area contributed by atoms with Crippen molar-refractivity contribution in [1.29, 1.82) is 0 Å². The monoisotopic (exact) mass is 406 g/mol. The highest BCUT2D eigenvalue weighted by Gasteiger charge is 1.95. The lowest BCUT2D eigenvalue weighted by molar-refractivity contribution is 0.150. The predicted octanol–water partition coefficient (Wildman–Crippen LogP) is 1.90. The lowest BCUT2D eigenvalue weighted by Crippen LogP contribution is -2.04. The zero-order valence-electron chi connectivity index (χ0n) is 16.9. The van der Waals surface area contributed by atoms with Crippen LogP contribution in [0.1, 0.15) is 22.8 Å². The smallest absolute Gasteiger partial charge is 0.0815 e. The number of ether oxygens (including phenoxy) is 2. The number of hydrogen-bond donors (Lipinski definition) is 0. The molecular weight excluding hydrogens is 380 g/mol. The van der Waals surface area contributed by atoms with Crippen molar-refractivity contribution < 1.29 is 9.47 Å². The highest BCUT2D eigenvalue weighted by atomic mass is 16.5. The van der Waals surface area contributed by atoms with Crippen LogP contribution in [0.4, 0.5) is 0 Å². The van der Waals surface area contributed by atoms with Crippen molar-refractivity contribution in [1.82, 2.24) is 9.97 Å². The van der Waals surface area contributed by atoms with E-state index in [0.29, 0.717) is 52.6 Å². The second-order valence-corrected chi connectivity index (χ2v) is 6.34. The Kier molecular flexibility index (Phi) is 9.49. The molecule has 3 rings (SSSR count). The molecular formula is C22H26N6O2. The Morgan fingerprint density at radius 1 is 0.467 bits per heavy atom. The summed E-state index contributed by atoms with van der Waals surface area (Å²) in [7, 11) is 0. The molecule has 0 saturated carbocycles. The van der Waals surface area contributed by atoms with Gasteiger partial charge in [-0.15, -0.1) is 0 Å². The fourth-order valence-electron chi connectivity index (χ4n) is 2.53. The molecule has 156 valence electrons. The van der Waals surface area contributed by atoms with Crippen LogP contribution in [0.3, 0.4) is 0 Å². The number of hydrogen-bond acceptors (Lipinski definition) is 8. The molecule has 2 aromatic rings. The van der Waals surface area contributed by atoms with E-state index in [1.165, 1.54) is 0 Å². The van der Waals surface area contributed by atoms with Crippen molar-refractivity contribution in [3.05, 3.63) is 59.2 Å². The van der Waals surface area contributed by atoms with Crippen LogP contribution in [0.5, 0.6) is 0 Å². The van der Waals surface area contributed by atoms with Crippen LogP contribution < -0.4 is 0 Å². The summed E-state index contributed by atoms with van der Waals surface area (Å²) in [6.07, 6.45) is 7.00. The van der Waals surface area contributed by atoms with Gasteiger partial charge in [-0.2, -0.15) is 0 Å². The third kappa shape index (κ3) is 8.50. The van der Waals surface area contributed by atoms with Gasteiger partial charge in [-0.3, -0.25) is 20.0 Å². The Hall–Kier alpha value is -3.10. The quantitative estimate of drug-likeness (QED) is 0.668. The average Bonchev–Trinajstić information content (AvgIpc) is 2.77. The van der Waals surface area contributed by atoms with Gasteiger partial charge in [0.1, 0.15) is 0 Å². The Morgan fingerprint density at radius 3 is 1.07 bits per heavy atom. The van der Waals surface area contributed by atoms with Gasteiger partial charge in [0.2, 0.25) is 0 Å². The molecule has 0 fully saturated rings. The maximum atomic E-state index is 5.56. The van der Waals surface area contributed by atoms with E-state index >= 15 is 0 Å². The number of aromatic nitrogens is 2. The van der Waals surface area contributed by atoms with Crippen molar-refractivity contribution in [3.63, 3.8) is 0 Å². The lowest BCUT2D eigenvalue weighted by Gasteiger charge is -2.01. The standard InChI is InChI=1S/C22H26N6O2/c1-3-19-15-23-7-11-29-13-9-25-17-21-5-2-6-22(28-21)18-26-10-14-30-12-8-24-16-20(4-1)27-19/h1-6,15-18H,7-14H2. The Labute approximate surface area is 176 Å². The number of nitrogens with zero attached hydrogens (tertiary/aromatic N) is 6. The first kappa shape index (κ1) is 21.6. The van der Waals surface area contributed by atoms with Crippen LogP contribution in [0.15, 0.2) is 56.4 Å². The summed E-state index contributed by atoms with van der Waals surface area (Å²) in [5.74, 6) is 0. The SMILES string of the molecule is C1=NCCOCCN=Cc2cccc(n2)C=NCCOCCN=Cc2cccc1n2. The maximum Gasteiger partial charge on any atom is 0.0815 e. The van der Waals surface area contributed by atoms with E-state index < -0.39 is 0 Å². The molecule has 0 N–H and O–H groups in total. The van der Waals surface area contributed by atoms with Gasteiger partial charge in [-0.1, -0.05) is 12.1 Å². The molecule has 0 aliphatic carbocycles. The number of fused-ring (bicyclic) bond motifs is 4. The molecule has 30 heavy (non-hydrogen) atoms. The molecule has 4 bridgehead atoms. The molecule has 0 amide bonds. The highest BCUT2D eigenvalue weighted by Crippen LogP contribution is 1.97. The Morgan fingerprint density at radius 2 is 0.767 bits per heavy atom. The normalized spacial score (nSPS) is 16.8. The number of aliphatic imine (C=N–C) groups is 4. The molecule has 3 heterocycles. The van der Waals surface area contributed by atoms with Gasteiger partial charge >= 0.3 is 0 Å². The van der Waals surface area contributed by atoms with Crippen molar-refractivity contribution in [2.75, 3.05) is 52.6 Å². The van der Waals surface area contributed by atoms with Crippen LogP contribution in [0, 0.1) is 0 Å². The summed E-state index contributed by atoms with van der Waals surface area (Å²) in [5, 5.41) is 0. The number of pyridine rings is 2. The van der Waals surface area contributed by atoms with Gasteiger partial charge in [0, 0.05) is 24.9 Å². The van der Waals surface area contributed by atoms with Gasteiger partial charge in [-0.05, 0) is 24.3 Å². The van der Waals surface area contributed by atoms with Gasteiger partial charge in [0.05, 0.1) is 75.4 Å². The van der Waals surface area contributed by atoms with Crippen molar-refractivity contribution >= 4 is 24.9 Å². The molecule has 0 radical (unpaired) electrons. The molecule has 8 nitrogen and oxygen atoms in total. The second kappa shape index (κ2) is 13.2. The third-order valence-corrected chi connectivity index (χ3v) is 3.94. The zero-order chi connectivity index (χ0) is 20.7. The van der Waals surface area contributed by atoms with Crippen molar-refractivity contribution in [3.8, 4) is 0 Å². The van der Waals surface area contributed by atoms with Gasteiger partial charge < -0.3 is 9.47 Å². The molecule has 0 spiro atoms. The van der Waals surface area contributed by atoms with Crippen LogP contribution in [-0.2, 0) is 9.47 Å². The summed E-state index contributed by atoms with van der Waals surface area (Å²) in [5.41, 5.74) is 3.17. The minimum atomic E-state index is 0.539. The van der Waals surface area contributed by atoms with E-state index in [2.05, 4.69) is 29.9 Å². The summed E-state index contributed by atoms with van der Waals surface area (Å²) in [6, 6.07) is 11.5. The Balaban J connectivity index is 1.58. The van der Waals surface area contributed by atoms with Crippen LogP contribution in [0.25, 0.3) is 0 Å². The molecule has 0 unspecified atom stereocenters. The molecule has 1 aliphatic rings. The fraction of sp³-hybridized carbons (Fsp3) is 0.364. The first-order chi connectivity index (χ1) is 14.9. The molecule has 0 aromatic carbocycles. The fourth-order valence-corrected chi connectivity index (χ4v) is 2.53. The molecule has 0 atom stereocenters. The number of rotatable bonds is 0. The lowest BCUT2D eigenvalue weighted by atomic mass is 10.3. The van der Waals surface area contributed by atoms with Crippen molar-refractivity contribution in [2.45, 2.75) is 0 Å². The van der Waals surface area contributed by atoms with Crippen molar-refractivity contribution in [2.24, 2.45) is 20.0 Å². The van der Waals surface area contributed by atoms with E-state index in [9.17, 15) is 0 Å². The van der Waals surface area contributed by atoms with Crippen LogP contribution >= 0.6 is 0 Å². The zero-order valence-corrected chi connectivity index (χ0v) is 16.9. The van der Waals surface area contributed by atoms with Crippen LogP contribution in [-0.4, -0.2) is 87.4 Å². The van der Waals surface area contributed by atoms with E-state index in [1.807, 2.05) is 36.4 Å². The summed E-state index contributed by atoms with van der Waals surface area (Å²) in [6.45, 7) is 4.45. The highest BCUT2D eigenvalue weighted by molar-refractivity contribution is 5.82. The minimum absolute atomic E-state index is 0.539.